The molecule has 1 saturated heterocycles. The largest absolute Gasteiger partial charge is 0.381 e. The summed E-state index contributed by atoms with van der Waals surface area (Å²) in [6.45, 7) is 2.71. The Morgan fingerprint density at radius 1 is 1.07 bits per heavy atom. The van der Waals surface area contributed by atoms with E-state index in [1.807, 2.05) is 12.1 Å². The van der Waals surface area contributed by atoms with Crippen molar-refractivity contribution in [2.45, 2.75) is 31.2 Å². The normalized spacial score (nSPS) is 18.8. The summed E-state index contributed by atoms with van der Waals surface area (Å²) in [7, 11) is 0. The zero-order chi connectivity index (χ0) is 19.1. The Kier molecular flexibility index (Phi) is 4.52. The van der Waals surface area contributed by atoms with Gasteiger partial charge in [0.15, 0.2) is 0 Å². The molecule has 1 amide bonds. The van der Waals surface area contributed by atoms with E-state index in [-0.39, 0.29) is 5.91 Å². The molecular formula is C23H23BrN2O2. The number of aromatic nitrogens is 1. The summed E-state index contributed by atoms with van der Waals surface area (Å²) in [5.74, 6) is 0.244. The molecule has 5 rings (SSSR count). The van der Waals surface area contributed by atoms with Gasteiger partial charge in [-0.15, -0.1) is 0 Å². The number of aromatic amines is 1. The molecule has 28 heavy (non-hydrogen) atoms. The number of fused-ring (bicyclic) bond motifs is 3. The minimum absolute atomic E-state index is 0.244. The molecule has 4 nitrogen and oxygen atoms in total. The number of ether oxygens (including phenoxy) is 1. The fraction of sp³-hybridized carbons (Fsp3) is 0.348. The molecular weight excluding hydrogens is 416 g/mol. The molecule has 1 aromatic heterocycles. The van der Waals surface area contributed by atoms with Crippen LogP contribution in [0.4, 0.5) is 0 Å². The van der Waals surface area contributed by atoms with Crippen LogP contribution in [0.15, 0.2) is 53.0 Å². The van der Waals surface area contributed by atoms with Crippen molar-refractivity contribution >= 4 is 32.7 Å². The van der Waals surface area contributed by atoms with Crippen LogP contribution < -0.4 is 0 Å². The lowest BCUT2D eigenvalue weighted by atomic mass is 9.72. The van der Waals surface area contributed by atoms with Crippen LogP contribution in [-0.4, -0.2) is 35.5 Å². The number of benzene rings is 2. The van der Waals surface area contributed by atoms with E-state index in [2.05, 4.69) is 62.2 Å². The molecule has 0 radical (unpaired) electrons. The Morgan fingerprint density at radius 3 is 2.61 bits per heavy atom. The van der Waals surface area contributed by atoms with E-state index >= 15 is 0 Å². The SMILES string of the molecule is O=C(N1CCc2[nH]c3ccccc3c2C1)C1(c2ccc(Br)cc2)CCOCC1. The van der Waals surface area contributed by atoms with Crippen molar-refractivity contribution in [3.63, 3.8) is 0 Å². The van der Waals surface area contributed by atoms with Crippen molar-refractivity contribution in [2.75, 3.05) is 19.8 Å². The van der Waals surface area contributed by atoms with Crippen molar-refractivity contribution in [3.05, 3.63) is 69.8 Å². The number of nitrogens with one attached hydrogen (secondary N) is 1. The van der Waals surface area contributed by atoms with E-state index < -0.39 is 5.41 Å². The lowest BCUT2D eigenvalue weighted by molar-refractivity contribution is -0.142. The molecule has 0 saturated carbocycles. The molecule has 2 aromatic carbocycles. The van der Waals surface area contributed by atoms with Gasteiger partial charge in [-0.3, -0.25) is 4.79 Å². The monoisotopic (exact) mass is 438 g/mol. The topological polar surface area (TPSA) is 45.3 Å². The van der Waals surface area contributed by atoms with E-state index in [4.69, 9.17) is 4.74 Å². The number of amides is 1. The van der Waals surface area contributed by atoms with Crippen LogP contribution in [0.2, 0.25) is 0 Å². The molecule has 0 aliphatic carbocycles. The van der Waals surface area contributed by atoms with Gasteiger partial charge in [-0.05, 0) is 36.6 Å². The van der Waals surface area contributed by atoms with Gasteiger partial charge in [0.1, 0.15) is 0 Å². The van der Waals surface area contributed by atoms with E-state index in [1.165, 1.54) is 16.6 Å². The molecule has 2 aliphatic heterocycles. The highest BCUT2D eigenvalue weighted by molar-refractivity contribution is 9.10. The van der Waals surface area contributed by atoms with Crippen LogP contribution in [-0.2, 0) is 27.9 Å². The third-order valence-corrected chi connectivity index (χ3v) is 6.85. The summed E-state index contributed by atoms with van der Waals surface area (Å²) < 4.78 is 6.66. The molecule has 0 bridgehead atoms. The highest BCUT2D eigenvalue weighted by Crippen LogP contribution is 2.39. The first kappa shape index (κ1) is 18.0. The molecule has 5 heteroatoms. The zero-order valence-electron chi connectivity index (χ0n) is 15.7. The van der Waals surface area contributed by atoms with Gasteiger partial charge in [-0.1, -0.05) is 46.3 Å². The fourth-order valence-electron chi connectivity index (χ4n) is 4.76. The average Bonchev–Trinajstić information content (AvgIpc) is 3.12. The van der Waals surface area contributed by atoms with Gasteiger partial charge in [-0.2, -0.15) is 0 Å². The highest BCUT2D eigenvalue weighted by Gasteiger charge is 2.44. The zero-order valence-corrected chi connectivity index (χ0v) is 17.3. The minimum Gasteiger partial charge on any atom is -0.381 e. The highest BCUT2D eigenvalue weighted by atomic mass is 79.9. The fourth-order valence-corrected chi connectivity index (χ4v) is 5.02. The number of H-pyrrole nitrogens is 1. The van der Waals surface area contributed by atoms with Crippen molar-refractivity contribution in [1.82, 2.24) is 9.88 Å². The maximum absolute atomic E-state index is 13.9. The lowest BCUT2D eigenvalue weighted by Gasteiger charge is -2.41. The number of hydrogen-bond donors (Lipinski definition) is 1. The smallest absolute Gasteiger partial charge is 0.233 e. The summed E-state index contributed by atoms with van der Waals surface area (Å²) in [5.41, 5.74) is 4.33. The average molecular weight is 439 g/mol. The Hall–Kier alpha value is -2.11. The second-order valence-electron chi connectivity index (χ2n) is 7.81. The molecule has 0 spiro atoms. The van der Waals surface area contributed by atoms with Crippen LogP contribution in [0.5, 0.6) is 0 Å². The predicted molar refractivity (Wildman–Crippen MR) is 113 cm³/mol. The van der Waals surface area contributed by atoms with Gasteiger partial charge in [-0.25, -0.2) is 0 Å². The first-order valence-corrected chi connectivity index (χ1v) is 10.7. The quantitative estimate of drug-likeness (QED) is 0.636. The predicted octanol–water partition coefficient (Wildman–Crippen LogP) is 4.56. The molecule has 0 atom stereocenters. The summed E-state index contributed by atoms with van der Waals surface area (Å²) in [5, 5.41) is 1.24. The first-order chi connectivity index (χ1) is 13.7. The Morgan fingerprint density at radius 2 is 1.82 bits per heavy atom. The maximum Gasteiger partial charge on any atom is 0.233 e. The minimum atomic E-state index is -0.484. The second kappa shape index (κ2) is 7.05. The van der Waals surface area contributed by atoms with Crippen LogP contribution in [0.1, 0.15) is 29.7 Å². The number of carbonyl (C=O) groups excluding carboxylic acids is 1. The summed E-state index contributed by atoms with van der Waals surface area (Å²) in [6.07, 6.45) is 2.36. The van der Waals surface area contributed by atoms with Gasteiger partial charge in [0.2, 0.25) is 5.91 Å². The molecule has 3 heterocycles. The number of hydrogen-bond acceptors (Lipinski definition) is 2. The molecule has 1 fully saturated rings. The van der Waals surface area contributed by atoms with Crippen molar-refractivity contribution in [3.8, 4) is 0 Å². The second-order valence-corrected chi connectivity index (χ2v) is 8.72. The maximum atomic E-state index is 13.9. The lowest BCUT2D eigenvalue weighted by Crippen LogP contribution is -2.51. The van der Waals surface area contributed by atoms with Gasteiger partial charge < -0.3 is 14.6 Å². The molecule has 2 aliphatic rings. The summed E-state index contributed by atoms with van der Waals surface area (Å²) in [4.78, 5) is 19.5. The number of nitrogens with zero attached hydrogens (tertiary/aromatic N) is 1. The van der Waals surface area contributed by atoms with Gasteiger partial charge >= 0.3 is 0 Å². The van der Waals surface area contributed by atoms with E-state index in [0.29, 0.717) is 19.8 Å². The third kappa shape index (κ3) is 2.88. The standard InChI is InChI=1S/C23H23BrN2O2/c24-17-7-5-16(6-8-17)23(10-13-28-14-11-23)22(27)26-12-9-21-19(15-26)18-3-1-2-4-20(18)25-21/h1-8,25H,9-15H2. The molecule has 1 N–H and O–H groups in total. The molecule has 0 unspecified atom stereocenters. The van der Waals surface area contributed by atoms with E-state index in [1.54, 1.807) is 0 Å². The summed E-state index contributed by atoms with van der Waals surface area (Å²) in [6, 6.07) is 16.6. The van der Waals surface area contributed by atoms with Gasteiger partial charge in [0, 0.05) is 59.4 Å². The number of halogens is 1. The van der Waals surface area contributed by atoms with Gasteiger partial charge in [0.25, 0.3) is 0 Å². The van der Waals surface area contributed by atoms with Crippen molar-refractivity contribution in [2.24, 2.45) is 0 Å². The van der Waals surface area contributed by atoms with Gasteiger partial charge in [0.05, 0.1) is 5.41 Å². The van der Waals surface area contributed by atoms with Crippen LogP contribution in [0, 0.1) is 0 Å². The molecule has 144 valence electrons. The summed E-state index contributed by atoms with van der Waals surface area (Å²) >= 11 is 3.51. The van der Waals surface area contributed by atoms with Crippen molar-refractivity contribution < 1.29 is 9.53 Å². The van der Waals surface area contributed by atoms with Crippen LogP contribution in [0.3, 0.4) is 0 Å². The Labute approximate surface area is 173 Å². The van der Waals surface area contributed by atoms with E-state index in [9.17, 15) is 4.79 Å². The van der Waals surface area contributed by atoms with E-state index in [0.717, 1.165) is 41.4 Å². The number of para-hydroxylation sites is 1. The van der Waals surface area contributed by atoms with Crippen LogP contribution >= 0.6 is 15.9 Å². The first-order valence-electron chi connectivity index (χ1n) is 9.89. The number of carbonyl (C=O) groups is 1. The Balaban J connectivity index is 1.51. The Bertz CT molecular complexity index is 1020. The molecule has 3 aromatic rings. The van der Waals surface area contributed by atoms with Crippen LogP contribution in [0.25, 0.3) is 10.9 Å². The van der Waals surface area contributed by atoms with Crippen molar-refractivity contribution in [1.29, 1.82) is 0 Å². The third-order valence-electron chi connectivity index (χ3n) is 6.32. The number of rotatable bonds is 2.